The molecule has 0 radical (unpaired) electrons. The van der Waals surface area contributed by atoms with Gasteiger partial charge in [0.15, 0.2) is 0 Å². The van der Waals surface area contributed by atoms with E-state index in [0.717, 1.165) is 4.47 Å². The summed E-state index contributed by atoms with van der Waals surface area (Å²) in [6, 6.07) is 6.29. The molecule has 2 aromatic rings. The maximum atomic E-state index is 13.7. The molecule has 100 valence electrons. The molecular weight excluding hydrogens is 353 g/mol. The molecule has 0 atom stereocenters. The first-order valence-electron chi connectivity index (χ1n) is 5.42. The molecule has 1 aromatic heterocycles. The second-order valence-corrected chi connectivity index (χ2v) is 6.14. The van der Waals surface area contributed by atoms with Gasteiger partial charge in [-0.3, -0.25) is 4.79 Å². The molecule has 0 fully saturated rings. The van der Waals surface area contributed by atoms with Gasteiger partial charge in [0.25, 0.3) is 5.91 Å². The van der Waals surface area contributed by atoms with Crippen molar-refractivity contribution in [3.63, 3.8) is 0 Å². The van der Waals surface area contributed by atoms with Gasteiger partial charge in [-0.2, -0.15) is 0 Å². The lowest BCUT2D eigenvalue weighted by Crippen LogP contribution is -2.26. The van der Waals surface area contributed by atoms with Crippen LogP contribution in [0.15, 0.2) is 34.1 Å². The number of halogens is 3. The molecule has 0 bridgehead atoms. The van der Waals surface area contributed by atoms with Crippen LogP contribution in [-0.2, 0) is 6.54 Å². The van der Waals surface area contributed by atoms with Crippen LogP contribution >= 0.6 is 38.9 Å². The maximum Gasteiger partial charge on any atom is 0.265 e. The summed E-state index contributed by atoms with van der Waals surface area (Å²) in [5.74, 6) is -0.571. The quantitative estimate of drug-likeness (QED) is 0.783. The molecule has 2 nitrogen and oxygen atoms in total. The van der Waals surface area contributed by atoms with Crippen molar-refractivity contribution in [3.8, 4) is 0 Å². The van der Waals surface area contributed by atoms with Crippen molar-refractivity contribution in [3.05, 3.63) is 55.4 Å². The topological polar surface area (TPSA) is 20.3 Å². The van der Waals surface area contributed by atoms with Crippen LogP contribution in [0.25, 0.3) is 0 Å². The van der Waals surface area contributed by atoms with E-state index in [1.54, 1.807) is 19.2 Å². The highest BCUT2D eigenvalue weighted by molar-refractivity contribution is 9.10. The molecule has 0 saturated heterocycles. The van der Waals surface area contributed by atoms with Gasteiger partial charge in [-0.15, -0.1) is 11.3 Å². The minimum Gasteiger partial charge on any atom is -0.336 e. The van der Waals surface area contributed by atoms with Crippen LogP contribution in [0.3, 0.4) is 0 Å². The van der Waals surface area contributed by atoms with Crippen molar-refractivity contribution in [2.75, 3.05) is 7.05 Å². The van der Waals surface area contributed by atoms with Gasteiger partial charge in [-0.1, -0.05) is 17.7 Å². The minimum absolute atomic E-state index is 0.134. The number of rotatable bonds is 3. The number of amides is 1. The van der Waals surface area contributed by atoms with Crippen LogP contribution in [0, 0.1) is 5.82 Å². The third-order valence-electron chi connectivity index (χ3n) is 2.62. The Morgan fingerprint density at radius 2 is 2.21 bits per heavy atom. The Hall–Kier alpha value is -0.910. The summed E-state index contributed by atoms with van der Waals surface area (Å²) in [4.78, 5) is 14.2. The number of nitrogens with zero attached hydrogens (tertiary/aromatic N) is 1. The van der Waals surface area contributed by atoms with E-state index in [2.05, 4.69) is 15.9 Å². The summed E-state index contributed by atoms with van der Waals surface area (Å²) in [6.45, 7) is 0.134. The summed E-state index contributed by atoms with van der Waals surface area (Å²) in [7, 11) is 1.62. The van der Waals surface area contributed by atoms with E-state index < -0.39 is 5.82 Å². The highest BCUT2D eigenvalue weighted by atomic mass is 79.9. The fourth-order valence-corrected chi connectivity index (χ4v) is 3.37. The molecule has 0 spiro atoms. The Balaban J connectivity index is 2.20. The van der Waals surface area contributed by atoms with Gasteiger partial charge in [0.05, 0.1) is 6.54 Å². The van der Waals surface area contributed by atoms with Gasteiger partial charge < -0.3 is 4.90 Å². The van der Waals surface area contributed by atoms with Gasteiger partial charge in [-0.05, 0) is 39.5 Å². The Morgan fingerprint density at radius 1 is 1.47 bits per heavy atom. The molecule has 0 aliphatic heterocycles. The van der Waals surface area contributed by atoms with E-state index >= 15 is 0 Å². The van der Waals surface area contributed by atoms with Crippen molar-refractivity contribution in [1.29, 1.82) is 0 Å². The first-order chi connectivity index (χ1) is 9.00. The molecule has 2 rings (SSSR count). The monoisotopic (exact) mass is 361 g/mol. The minimum atomic E-state index is -0.405. The summed E-state index contributed by atoms with van der Waals surface area (Å²) in [5.41, 5.74) is 0.327. The Labute approximate surface area is 127 Å². The molecule has 19 heavy (non-hydrogen) atoms. The van der Waals surface area contributed by atoms with Crippen LogP contribution in [-0.4, -0.2) is 17.9 Å². The van der Waals surface area contributed by atoms with E-state index in [4.69, 9.17) is 11.6 Å². The normalized spacial score (nSPS) is 10.5. The van der Waals surface area contributed by atoms with Crippen molar-refractivity contribution in [1.82, 2.24) is 4.90 Å². The molecular formula is C13H10BrClFNOS. The number of thiophene rings is 1. The summed E-state index contributed by atoms with van der Waals surface area (Å²) in [5, 5.41) is 2.14. The molecule has 0 aliphatic rings. The molecule has 1 amide bonds. The smallest absolute Gasteiger partial charge is 0.265 e. The van der Waals surface area contributed by atoms with Crippen LogP contribution in [0.2, 0.25) is 5.02 Å². The summed E-state index contributed by atoms with van der Waals surface area (Å²) < 4.78 is 14.4. The molecule has 1 heterocycles. The maximum absolute atomic E-state index is 13.7. The standard InChI is InChI=1S/C13H10BrClFNOS/c1-17(13(18)12-9(14)5-6-19-12)7-8-10(15)3-2-4-11(8)16/h2-6H,7H2,1H3. The summed E-state index contributed by atoms with van der Waals surface area (Å²) >= 11 is 10.6. The van der Waals surface area contributed by atoms with Crippen LogP contribution in [0.4, 0.5) is 4.39 Å². The highest BCUT2D eigenvalue weighted by Gasteiger charge is 2.18. The van der Waals surface area contributed by atoms with E-state index in [0.29, 0.717) is 15.5 Å². The highest BCUT2D eigenvalue weighted by Crippen LogP contribution is 2.26. The van der Waals surface area contributed by atoms with E-state index in [1.165, 1.54) is 22.3 Å². The molecule has 0 saturated carbocycles. The molecule has 0 N–H and O–H groups in total. The van der Waals surface area contributed by atoms with Gasteiger partial charge >= 0.3 is 0 Å². The fraction of sp³-hybridized carbons (Fsp3) is 0.154. The molecule has 0 unspecified atom stereocenters. The van der Waals surface area contributed by atoms with Gasteiger partial charge in [0.1, 0.15) is 10.7 Å². The SMILES string of the molecule is CN(Cc1c(F)cccc1Cl)C(=O)c1sccc1Br. The Bertz CT molecular complexity index is 596. The number of hydrogen-bond donors (Lipinski definition) is 0. The van der Waals surface area contributed by atoms with Crippen molar-refractivity contribution in [2.24, 2.45) is 0 Å². The van der Waals surface area contributed by atoms with Crippen molar-refractivity contribution < 1.29 is 9.18 Å². The average molecular weight is 363 g/mol. The van der Waals surface area contributed by atoms with Crippen molar-refractivity contribution in [2.45, 2.75) is 6.54 Å². The van der Waals surface area contributed by atoms with Crippen LogP contribution in [0.1, 0.15) is 15.2 Å². The van der Waals surface area contributed by atoms with E-state index in [9.17, 15) is 9.18 Å². The van der Waals surface area contributed by atoms with Gasteiger partial charge in [0.2, 0.25) is 0 Å². The summed E-state index contributed by atoms with van der Waals surface area (Å²) in [6.07, 6.45) is 0. The zero-order valence-corrected chi connectivity index (χ0v) is 13.1. The largest absolute Gasteiger partial charge is 0.336 e. The first kappa shape index (κ1) is 14.5. The number of benzene rings is 1. The molecule has 1 aromatic carbocycles. The zero-order valence-electron chi connectivity index (χ0n) is 9.99. The predicted molar refractivity (Wildman–Crippen MR) is 79.2 cm³/mol. The second-order valence-electron chi connectivity index (χ2n) is 3.96. The van der Waals surface area contributed by atoms with Crippen LogP contribution in [0.5, 0.6) is 0 Å². The Kier molecular flexibility index (Phi) is 4.60. The lowest BCUT2D eigenvalue weighted by atomic mass is 10.2. The average Bonchev–Trinajstić information content (AvgIpc) is 2.79. The number of hydrogen-bond acceptors (Lipinski definition) is 2. The van der Waals surface area contributed by atoms with Crippen LogP contribution < -0.4 is 0 Å². The van der Waals surface area contributed by atoms with E-state index in [1.807, 2.05) is 11.4 Å². The molecule has 0 aliphatic carbocycles. The van der Waals surface area contributed by atoms with Gasteiger partial charge in [0, 0.05) is 22.1 Å². The first-order valence-corrected chi connectivity index (χ1v) is 7.47. The lowest BCUT2D eigenvalue weighted by molar-refractivity contribution is 0.0788. The number of carbonyl (C=O) groups excluding carboxylic acids is 1. The van der Waals surface area contributed by atoms with E-state index in [-0.39, 0.29) is 12.5 Å². The third kappa shape index (κ3) is 3.16. The third-order valence-corrected chi connectivity index (χ3v) is 4.79. The fourth-order valence-electron chi connectivity index (χ4n) is 1.61. The van der Waals surface area contributed by atoms with Crippen molar-refractivity contribution >= 4 is 44.8 Å². The second kappa shape index (κ2) is 6.03. The molecule has 6 heteroatoms. The Morgan fingerprint density at radius 3 is 2.79 bits per heavy atom. The number of carbonyl (C=O) groups is 1. The zero-order chi connectivity index (χ0) is 14.0. The lowest BCUT2D eigenvalue weighted by Gasteiger charge is -2.18. The van der Waals surface area contributed by atoms with Gasteiger partial charge in [-0.25, -0.2) is 4.39 Å². The predicted octanol–water partition coefficient (Wildman–Crippen LogP) is 4.58.